The van der Waals surface area contributed by atoms with Gasteiger partial charge in [-0.3, -0.25) is 4.79 Å². The zero-order valence-corrected chi connectivity index (χ0v) is 17.1. The third kappa shape index (κ3) is 5.01. The Morgan fingerprint density at radius 1 is 1.03 bits per heavy atom. The van der Waals surface area contributed by atoms with Crippen LogP contribution in [-0.2, 0) is 11.3 Å². The molecule has 0 spiro atoms. The third-order valence-corrected chi connectivity index (χ3v) is 5.58. The maximum absolute atomic E-state index is 13.6. The second-order valence-corrected chi connectivity index (χ2v) is 7.72. The van der Waals surface area contributed by atoms with Gasteiger partial charge >= 0.3 is 0 Å². The van der Waals surface area contributed by atoms with Crippen LogP contribution in [0.1, 0.15) is 5.56 Å². The van der Waals surface area contributed by atoms with Crippen molar-refractivity contribution in [2.75, 3.05) is 58.4 Å². The summed E-state index contributed by atoms with van der Waals surface area (Å²) in [5.41, 5.74) is 1.60. The molecule has 30 heavy (non-hydrogen) atoms. The highest BCUT2D eigenvalue weighted by Gasteiger charge is 2.26. The summed E-state index contributed by atoms with van der Waals surface area (Å²) in [5, 5.41) is 2.95. The molecule has 0 radical (unpaired) electrons. The van der Waals surface area contributed by atoms with Crippen molar-refractivity contribution in [3.63, 3.8) is 0 Å². The van der Waals surface area contributed by atoms with Gasteiger partial charge in [-0.05, 0) is 30.3 Å². The van der Waals surface area contributed by atoms with E-state index in [0.717, 1.165) is 44.0 Å². The van der Waals surface area contributed by atoms with E-state index in [9.17, 15) is 9.18 Å². The fourth-order valence-electron chi connectivity index (χ4n) is 4.02. The molecule has 0 aliphatic carbocycles. The van der Waals surface area contributed by atoms with E-state index < -0.39 is 0 Å². The smallest absolute Gasteiger partial charge is 0.279 e. The van der Waals surface area contributed by atoms with Crippen LogP contribution in [-0.4, -0.2) is 59.0 Å². The van der Waals surface area contributed by atoms with Crippen molar-refractivity contribution in [3.8, 4) is 17.2 Å². The van der Waals surface area contributed by atoms with Gasteiger partial charge in [-0.25, -0.2) is 4.39 Å². The van der Waals surface area contributed by atoms with Gasteiger partial charge in [-0.1, -0.05) is 0 Å². The number of amides is 1. The first kappa shape index (κ1) is 20.4. The van der Waals surface area contributed by atoms with Crippen LogP contribution in [0.2, 0.25) is 0 Å². The number of hydrogen-bond donors (Lipinski definition) is 3. The highest BCUT2D eigenvalue weighted by atomic mass is 19.1. The number of quaternary nitrogens is 2. The fraction of sp³-hybridized carbons (Fsp3) is 0.409. The maximum atomic E-state index is 13.6. The van der Waals surface area contributed by atoms with Crippen LogP contribution in [0.4, 0.5) is 10.1 Å². The van der Waals surface area contributed by atoms with Crippen LogP contribution in [0, 0.1) is 5.82 Å². The first-order chi connectivity index (χ1) is 14.6. The predicted octanol–water partition coefficient (Wildman–Crippen LogP) is -0.472. The molecule has 1 fully saturated rings. The molecule has 8 heteroatoms. The van der Waals surface area contributed by atoms with E-state index >= 15 is 0 Å². The van der Waals surface area contributed by atoms with E-state index in [1.807, 2.05) is 12.1 Å². The molecule has 2 aliphatic rings. The minimum atomic E-state index is -0.245. The van der Waals surface area contributed by atoms with Crippen molar-refractivity contribution in [2.24, 2.45) is 0 Å². The summed E-state index contributed by atoms with van der Waals surface area (Å²) in [6.45, 7) is 5.83. The monoisotopic (exact) mass is 417 g/mol. The summed E-state index contributed by atoms with van der Waals surface area (Å²) in [5.74, 6) is 1.83. The Morgan fingerprint density at radius 3 is 2.53 bits per heavy atom. The summed E-state index contributed by atoms with van der Waals surface area (Å²) >= 11 is 0. The van der Waals surface area contributed by atoms with Crippen LogP contribution in [0.5, 0.6) is 17.2 Å². The van der Waals surface area contributed by atoms with Crippen molar-refractivity contribution < 1.29 is 33.2 Å². The van der Waals surface area contributed by atoms with E-state index in [1.54, 1.807) is 25.3 Å². The van der Waals surface area contributed by atoms with E-state index in [2.05, 4.69) is 5.32 Å². The van der Waals surface area contributed by atoms with Gasteiger partial charge in [-0.2, -0.15) is 0 Å². The highest BCUT2D eigenvalue weighted by molar-refractivity contribution is 5.91. The molecule has 2 aromatic rings. The number of piperazine rings is 1. The molecule has 0 unspecified atom stereocenters. The Bertz CT molecular complexity index is 900. The average molecular weight is 417 g/mol. The minimum Gasteiger partial charge on any atom is -0.496 e. The molecule has 4 rings (SSSR count). The first-order valence-corrected chi connectivity index (χ1v) is 10.3. The van der Waals surface area contributed by atoms with Gasteiger partial charge in [0.05, 0.1) is 12.7 Å². The zero-order valence-electron chi connectivity index (χ0n) is 17.1. The largest absolute Gasteiger partial charge is 0.496 e. The summed E-state index contributed by atoms with van der Waals surface area (Å²) in [6.07, 6.45) is 0. The van der Waals surface area contributed by atoms with Crippen LogP contribution in [0.3, 0.4) is 0 Å². The first-order valence-electron chi connectivity index (χ1n) is 10.3. The van der Waals surface area contributed by atoms with Gasteiger partial charge in [0.15, 0.2) is 18.0 Å². The molecule has 2 heterocycles. The van der Waals surface area contributed by atoms with Gasteiger partial charge in [0, 0.05) is 11.8 Å². The lowest BCUT2D eigenvalue weighted by molar-refractivity contribution is -1.02. The Hall–Kier alpha value is -2.84. The quantitative estimate of drug-likeness (QED) is 0.595. The van der Waals surface area contributed by atoms with E-state index in [0.29, 0.717) is 36.9 Å². The number of methoxy groups -OCH3 is 1. The number of hydrogen-bond acceptors (Lipinski definition) is 4. The van der Waals surface area contributed by atoms with Gasteiger partial charge in [0.1, 0.15) is 57.5 Å². The molecule has 3 N–H and O–H groups in total. The van der Waals surface area contributed by atoms with E-state index in [4.69, 9.17) is 14.2 Å². The van der Waals surface area contributed by atoms with Crippen molar-refractivity contribution in [2.45, 2.75) is 6.54 Å². The summed E-state index contributed by atoms with van der Waals surface area (Å²) in [7, 11) is 1.61. The molecule has 0 aromatic heterocycles. The fourth-order valence-corrected chi connectivity index (χ4v) is 4.02. The Balaban J connectivity index is 1.26. The van der Waals surface area contributed by atoms with Crippen LogP contribution < -0.4 is 29.3 Å². The molecule has 0 bridgehead atoms. The molecular weight excluding hydrogens is 389 g/mol. The second kappa shape index (κ2) is 9.32. The molecule has 0 atom stereocenters. The lowest BCUT2D eigenvalue weighted by atomic mass is 10.1. The summed E-state index contributed by atoms with van der Waals surface area (Å²) in [4.78, 5) is 15.1. The number of rotatable bonds is 6. The SMILES string of the molecule is COc1ccc(F)cc1C[NH+]1CC[NH+](CC(=O)Nc2ccc3c(c2)OCCO3)CC1. The van der Waals surface area contributed by atoms with Crippen molar-refractivity contribution in [1.82, 2.24) is 0 Å². The Kier molecular flexibility index (Phi) is 6.35. The van der Waals surface area contributed by atoms with E-state index in [-0.39, 0.29) is 11.7 Å². The van der Waals surface area contributed by atoms with Crippen LogP contribution in [0.15, 0.2) is 36.4 Å². The van der Waals surface area contributed by atoms with E-state index in [1.165, 1.54) is 15.9 Å². The molecule has 2 aliphatic heterocycles. The maximum Gasteiger partial charge on any atom is 0.279 e. The number of halogens is 1. The third-order valence-electron chi connectivity index (χ3n) is 5.58. The lowest BCUT2D eigenvalue weighted by Crippen LogP contribution is -3.28. The predicted molar refractivity (Wildman–Crippen MR) is 109 cm³/mol. The van der Waals surface area contributed by atoms with Crippen molar-refractivity contribution >= 4 is 11.6 Å². The van der Waals surface area contributed by atoms with Crippen LogP contribution >= 0.6 is 0 Å². The minimum absolute atomic E-state index is 0.0167. The normalized spacial score (nSPS) is 20.5. The van der Waals surface area contributed by atoms with Gasteiger partial charge in [-0.15, -0.1) is 0 Å². The van der Waals surface area contributed by atoms with Gasteiger partial charge < -0.3 is 29.3 Å². The summed E-state index contributed by atoms with van der Waals surface area (Å²) < 4.78 is 30.0. The average Bonchev–Trinajstić information content (AvgIpc) is 2.75. The van der Waals surface area contributed by atoms with Gasteiger partial charge in [0.2, 0.25) is 0 Å². The van der Waals surface area contributed by atoms with Crippen molar-refractivity contribution in [3.05, 3.63) is 47.8 Å². The highest BCUT2D eigenvalue weighted by Crippen LogP contribution is 2.32. The van der Waals surface area contributed by atoms with Crippen molar-refractivity contribution in [1.29, 1.82) is 0 Å². The lowest BCUT2D eigenvalue weighted by Gasteiger charge is -2.29. The van der Waals surface area contributed by atoms with Gasteiger partial charge in [0.25, 0.3) is 5.91 Å². The molecule has 0 saturated carbocycles. The number of anilines is 1. The molecular formula is C22H28FN3O4+2. The second-order valence-electron chi connectivity index (χ2n) is 7.72. The molecule has 1 saturated heterocycles. The summed E-state index contributed by atoms with van der Waals surface area (Å²) in [6, 6.07) is 10.1. The standard InChI is InChI=1S/C22H26FN3O4/c1-28-19-4-2-17(23)12-16(19)14-25-6-8-26(9-7-25)15-22(27)24-18-3-5-20-21(13-18)30-11-10-29-20/h2-5,12-13H,6-11,14-15H2,1H3,(H,24,27)/p+2. The zero-order chi connectivity index (χ0) is 20.9. The number of ether oxygens (including phenoxy) is 3. The molecule has 2 aromatic carbocycles. The molecule has 160 valence electrons. The van der Waals surface area contributed by atoms with Crippen LogP contribution in [0.25, 0.3) is 0 Å². The number of carbonyl (C=O) groups excluding carboxylic acids is 1. The number of carbonyl (C=O) groups is 1. The molecule has 1 amide bonds. The number of benzene rings is 2. The topological polar surface area (TPSA) is 65.7 Å². The number of nitrogens with one attached hydrogen (secondary N) is 3. The Morgan fingerprint density at radius 2 is 1.77 bits per heavy atom. The Labute approximate surface area is 175 Å². The molecule has 7 nitrogen and oxygen atoms in total. The number of fused-ring (bicyclic) bond motifs is 1.